The average molecular weight is 323 g/mol. The van der Waals surface area contributed by atoms with Crippen LogP contribution in [0.4, 0.5) is 0 Å². The molecule has 0 aliphatic carbocycles. The molecule has 0 fully saturated rings. The van der Waals surface area contributed by atoms with Crippen molar-refractivity contribution in [2.45, 2.75) is 32.6 Å². The predicted molar refractivity (Wildman–Crippen MR) is 92.3 cm³/mol. The van der Waals surface area contributed by atoms with Crippen molar-refractivity contribution < 1.29 is 14.6 Å². The number of hydrogen-bond donors (Lipinski definition) is 1. The smallest absolute Gasteiger partial charge is 0.196 e. The lowest BCUT2D eigenvalue weighted by Crippen LogP contribution is -2.05. The number of phenols is 1. The zero-order chi connectivity index (χ0) is 17.4. The Bertz CT molecular complexity index is 733. The number of carbonyl (C=O) groups excluding carboxylic acids is 1. The largest absolute Gasteiger partial charge is 0.507 e. The number of nitrogens with zero attached hydrogens (tertiary/aromatic N) is 1. The molecule has 0 saturated carbocycles. The molecular weight excluding hydrogens is 302 g/mol. The van der Waals surface area contributed by atoms with Crippen molar-refractivity contribution in [2.24, 2.45) is 0 Å². The molecule has 0 saturated heterocycles. The molecule has 0 aliphatic heterocycles. The van der Waals surface area contributed by atoms with Gasteiger partial charge in [-0.2, -0.15) is 5.26 Å². The molecule has 0 heterocycles. The Morgan fingerprint density at radius 2 is 1.96 bits per heavy atom. The minimum absolute atomic E-state index is 0.0759. The van der Waals surface area contributed by atoms with Crippen molar-refractivity contribution in [1.82, 2.24) is 0 Å². The van der Waals surface area contributed by atoms with Crippen LogP contribution in [0.1, 0.15) is 47.7 Å². The third-order valence-corrected chi connectivity index (χ3v) is 3.78. The van der Waals surface area contributed by atoms with E-state index in [4.69, 9.17) is 10.00 Å². The van der Waals surface area contributed by atoms with E-state index in [9.17, 15) is 9.90 Å². The van der Waals surface area contributed by atoms with Crippen LogP contribution in [0.25, 0.3) is 0 Å². The fraction of sp³-hybridized carbons (Fsp3) is 0.300. The van der Waals surface area contributed by atoms with Gasteiger partial charge >= 0.3 is 0 Å². The molecule has 0 atom stereocenters. The van der Waals surface area contributed by atoms with E-state index in [1.54, 1.807) is 30.3 Å². The second-order valence-electron chi connectivity index (χ2n) is 5.49. The summed E-state index contributed by atoms with van der Waals surface area (Å²) in [6, 6.07) is 14.2. The second-order valence-corrected chi connectivity index (χ2v) is 5.49. The molecule has 2 aromatic rings. The van der Waals surface area contributed by atoms with Gasteiger partial charge in [-0.05, 0) is 30.9 Å². The first-order valence-corrected chi connectivity index (χ1v) is 8.12. The molecule has 124 valence electrons. The second kappa shape index (κ2) is 8.73. The molecule has 4 nitrogen and oxygen atoms in total. The summed E-state index contributed by atoms with van der Waals surface area (Å²) >= 11 is 0. The minimum atomic E-state index is -0.205. The number of phenolic OH excluding ortho intramolecular Hbond substituents is 1. The summed E-state index contributed by atoms with van der Waals surface area (Å²) in [5.41, 5.74) is 1.71. The number of carbonyl (C=O) groups is 1. The van der Waals surface area contributed by atoms with Crippen LogP contribution in [0.3, 0.4) is 0 Å². The summed E-state index contributed by atoms with van der Waals surface area (Å²) in [6.07, 6.45) is 2.78. The Morgan fingerprint density at radius 1 is 1.21 bits per heavy atom. The molecule has 2 aromatic carbocycles. The number of aromatic hydroxyl groups is 1. The highest BCUT2D eigenvalue weighted by atomic mass is 16.5. The highest BCUT2D eigenvalue weighted by Crippen LogP contribution is 2.30. The number of benzene rings is 2. The average Bonchev–Trinajstić information content (AvgIpc) is 2.62. The Kier molecular flexibility index (Phi) is 6.39. The van der Waals surface area contributed by atoms with Crippen LogP contribution < -0.4 is 4.74 Å². The van der Waals surface area contributed by atoms with Gasteiger partial charge in [-0.3, -0.25) is 4.79 Å². The van der Waals surface area contributed by atoms with Gasteiger partial charge in [-0.25, -0.2) is 0 Å². The van der Waals surface area contributed by atoms with Crippen LogP contribution in [0.2, 0.25) is 0 Å². The van der Waals surface area contributed by atoms with Crippen molar-refractivity contribution in [3.63, 3.8) is 0 Å². The minimum Gasteiger partial charge on any atom is -0.507 e. The lowest BCUT2D eigenvalue weighted by molar-refractivity contribution is 0.103. The molecule has 0 bridgehead atoms. The van der Waals surface area contributed by atoms with Gasteiger partial charge in [-0.15, -0.1) is 0 Å². The summed E-state index contributed by atoms with van der Waals surface area (Å²) in [6.45, 7) is 2.46. The first kappa shape index (κ1) is 17.6. The number of hydrogen-bond acceptors (Lipinski definition) is 4. The molecule has 0 amide bonds. The third kappa shape index (κ3) is 4.36. The lowest BCUT2D eigenvalue weighted by atomic mass is 9.99. The van der Waals surface area contributed by atoms with E-state index in [2.05, 4.69) is 6.07 Å². The van der Waals surface area contributed by atoms with Gasteiger partial charge in [0.25, 0.3) is 0 Å². The number of unbranched alkanes of at least 4 members (excludes halogenated alkanes) is 2. The number of rotatable bonds is 8. The van der Waals surface area contributed by atoms with Crippen LogP contribution in [-0.2, 0) is 6.42 Å². The summed E-state index contributed by atoms with van der Waals surface area (Å²) in [7, 11) is 0. The molecule has 0 aromatic heterocycles. The van der Waals surface area contributed by atoms with Gasteiger partial charge in [-0.1, -0.05) is 37.3 Å². The molecule has 1 N–H and O–H groups in total. The maximum Gasteiger partial charge on any atom is 0.196 e. The van der Waals surface area contributed by atoms with Crippen molar-refractivity contribution in [3.05, 3.63) is 59.2 Å². The first-order valence-electron chi connectivity index (χ1n) is 8.12. The van der Waals surface area contributed by atoms with Gasteiger partial charge < -0.3 is 9.84 Å². The fourth-order valence-electron chi connectivity index (χ4n) is 2.44. The summed E-state index contributed by atoms with van der Waals surface area (Å²) in [5, 5.41) is 18.8. The van der Waals surface area contributed by atoms with Gasteiger partial charge in [0.2, 0.25) is 0 Å². The Labute approximate surface area is 142 Å². The Balaban J connectivity index is 2.18. The van der Waals surface area contributed by atoms with E-state index >= 15 is 0 Å². The summed E-state index contributed by atoms with van der Waals surface area (Å²) < 4.78 is 5.72. The molecule has 4 heteroatoms. The molecule has 0 spiro atoms. The predicted octanol–water partition coefficient (Wildman–Crippen LogP) is 4.26. The fourth-order valence-corrected chi connectivity index (χ4v) is 2.44. The summed E-state index contributed by atoms with van der Waals surface area (Å²) in [4.78, 5) is 12.5. The SMILES string of the molecule is CCc1cc(C(=O)c2ccccc2)c(O)cc1OCCCCC#N. The molecule has 2 rings (SSSR count). The third-order valence-electron chi connectivity index (χ3n) is 3.78. The standard InChI is InChI=1S/C20H21NO3/c1-2-15-13-17(20(23)16-9-5-3-6-10-16)18(22)14-19(15)24-12-8-4-7-11-21/h3,5-6,9-10,13-14,22H,2,4,7-8,12H2,1H3. The lowest BCUT2D eigenvalue weighted by Gasteiger charge is -2.13. The van der Waals surface area contributed by atoms with Crippen molar-refractivity contribution in [3.8, 4) is 17.6 Å². The van der Waals surface area contributed by atoms with Crippen LogP contribution in [-0.4, -0.2) is 17.5 Å². The maximum absolute atomic E-state index is 12.5. The van der Waals surface area contributed by atoms with Gasteiger partial charge in [0.15, 0.2) is 5.78 Å². The monoisotopic (exact) mass is 323 g/mol. The van der Waals surface area contributed by atoms with Crippen LogP contribution in [0.5, 0.6) is 11.5 Å². The van der Waals surface area contributed by atoms with Gasteiger partial charge in [0.1, 0.15) is 11.5 Å². The normalized spacial score (nSPS) is 10.2. The number of ketones is 1. The van der Waals surface area contributed by atoms with Gasteiger partial charge in [0, 0.05) is 18.1 Å². The first-order chi connectivity index (χ1) is 11.7. The quantitative estimate of drug-likeness (QED) is 0.582. The maximum atomic E-state index is 12.5. The van der Waals surface area contributed by atoms with E-state index in [1.807, 2.05) is 13.0 Å². The van der Waals surface area contributed by atoms with Crippen LogP contribution >= 0.6 is 0 Å². The number of ether oxygens (including phenoxy) is 1. The van der Waals surface area contributed by atoms with Crippen LogP contribution in [0.15, 0.2) is 42.5 Å². The van der Waals surface area contributed by atoms with E-state index in [0.717, 1.165) is 18.4 Å². The van der Waals surface area contributed by atoms with Gasteiger partial charge in [0.05, 0.1) is 18.2 Å². The zero-order valence-corrected chi connectivity index (χ0v) is 13.8. The van der Waals surface area contributed by atoms with E-state index in [1.165, 1.54) is 6.07 Å². The van der Waals surface area contributed by atoms with Crippen LogP contribution in [0, 0.1) is 11.3 Å². The highest BCUT2D eigenvalue weighted by molar-refractivity contribution is 6.10. The number of nitriles is 1. The Hall–Kier alpha value is -2.80. The van der Waals surface area contributed by atoms with E-state index in [0.29, 0.717) is 30.8 Å². The zero-order valence-electron chi connectivity index (χ0n) is 13.8. The van der Waals surface area contributed by atoms with Crippen molar-refractivity contribution in [2.75, 3.05) is 6.61 Å². The van der Waals surface area contributed by atoms with Crippen molar-refractivity contribution >= 4 is 5.78 Å². The van der Waals surface area contributed by atoms with Crippen molar-refractivity contribution in [1.29, 1.82) is 5.26 Å². The van der Waals surface area contributed by atoms with E-state index in [-0.39, 0.29) is 17.1 Å². The van der Waals surface area contributed by atoms with E-state index < -0.39 is 0 Å². The topological polar surface area (TPSA) is 70.3 Å². The Morgan fingerprint density at radius 3 is 2.62 bits per heavy atom. The summed E-state index contributed by atoms with van der Waals surface area (Å²) in [5.74, 6) is 0.313. The molecule has 0 unspecified atom stereocenters. The molecule has 0 aliphatic rings. The number of aryl methyl sites for hydroxylation is 1. The molecule has 24 heavy (non-hydrogen) atoms. The highest BCUT2D eigenvalue weighted by Gasteiger charge is 2.17. The molecule has 0 radical (unpaired) electrons. The molecular formula is C20H21NO3.